The van der Waals surface area contributed by atoms with Crippen molar-refractivity contribution in [3.63, 3.8) is 0 Å². The Morgan fingerprint density at radius 3 is 2.50 bits per heavy atom. The summed E-state index contributed by atoms with van der Waals surface area (Å²) in [7, 11) is 3.38. The van der Waals surface area contributed by atoms with Crippen LogP contribution in [0.15, 0.2) is 18.2 Å². The van der Waals surface area contributed by atoms with Gasteiger partial charge < -0.3 is 9.47 Å². The van der Waals surface area contributed by atoms with E-state index in [0.29, 0.717) is 4.83 Å². The molecule has 0 N–H and O–H groups in total. The van der Waals surface area contributed by atoms with E-state index in [1.807, 2.05) is 12.1 Å². The highest BCUT2D eigenvalue weighted by molar-refractivity contribution is 9.09. The summed E-state index contributed by atoms with van der Waals surface area (Å²) in [6.45, 7) is 0. The number of rotatable bonds is 4. The highest BCUT2D eigenvalue weighted by Crippen LogP contribution is 2.46. The van der Waals surface area contributed by atoms with Gasteiger partial charge in [-0.1, -0.05) is 28.4 Å². The molecule has 3 heteroatoms. The Labute approximate surface area is 105 Å². The average molecular weight is 285 g/mol. The Hall–Kier alpha value is -0.700. The van der Waals surface area contributed by atoms with Crippen molar-refractivity contribution >= 4 is 15.9 Å². The Morgan fingerprint density at radius 1 is 1.25 bits per heavy atom. The van der Waals surface area contributed by atoms with Gasteiger partial charge in [0.25, 0.3) is 0 Å². The fourth-order valence-corrected chi connectivity index (χ4v) is 2.94. The number of ether oxygens (including phenoxy) is 2. The van der Waals surface area contributed by atoms with E-state index in [4.69, 9.17) is 9.47 Å². The van der Waals surface area contributed by atoms with Crippen LogP contribution >= 0.6 is 15.9 Å². The number of benzene rings is 1. The molecular formula is C13H17BrO2. The number of hydrogen-bond donors (Lipinski definition) is 0. The molecule has 0 bridgehead atoms. The van der Waals surface area contributed by atoms with Crippen LogP contribution in [0.25, 0.3) is 0 Å². The predicted molar refractivity (Wildman–Crippen MR) is 68.6 cm³/mol. The molecule has 16 heavy (non-hydrogen) atoms. The Bertz CT molecular complexity index is 361. The summed E-state index contributed by atoms with van der Waals surface area (Å²) in [6, 6.07) is 6.03. The largest absolute Gasteiger partial charge is 0.497 e. The molecule has 2 nitrogen and oxygen atoms in total. The van der Waals surface area contributed by atoms with Crippen LogP contribution < -0.4 is 9.47 Å². The molecule has 1 atom stereocenters. The number of methoxy groups -OCH3 is 2. The van der Waals surface area contributed by atoms with Crippen LogP contribution in [0.3, 0.4) is 0 Å². The Kier molecular flexibility index (Phi) is 3.74. The second-order valence-corrected chi connectivity index (χ2v) is 5.19. The maximum Gasteiger partial charge on any atom is 0.126 e. The summed E-state index contributed by atoms with van der Waals surface area (Å²) in [6.07, 6.45) is 3.97. The van der Waals surface area contributed by atoms with Crippen molar-refractivity contribution in [2.45, 2.75) is 24.1 Å². The van der Waals surface area contributed by atoms with E-state index in [-0.39, 0.29) is 0 Å². The predicted octanol–water partition coefficient (Wildman–Crippen LogP) is 3.94. The lowest BCUT2D eigenvalue weighted by atomic mass is 9.80. The Balaban J connectivity index is 2.24. The van der Waals surface area contributed by atoms with Gasteiger partial charge in [0.2, 0.25) is 0 Å². The van der Waals surface area contributed by atoms with E-state index in [1.54, 1.807) is 14.2 Å². The van der Waals surface area contributed by atoms with E-state index < -0.39 is 0 Å². The van der Waals surface area contributed by atoms with Crippen molar-refractivity contribution in [2.24, 2.45) is 5.92 Å². The third-order valence-electron chi connectivity index (χ3n) is 3.30. The number of alkyl halides is 1. The Morgan fingerprint density at radius 2 is 2.00 bits per heavy atom. The smallest absolute Gasteiger partial charge is 0.126 e. The second-order valence-electron chi connectivity index (χ2n) is 4.20. The maximum absolute atomic E-state index is 5.42. The normalized spacial score (nSPS) is 17.7. The maximum atomic E-state index is 5.42. The zero-order valence-electron chi connectivity index (χ0n) is 9.70. The van der Waals surface area contributed by atoms with Gasteiger partial charge >= 0.3 is 0 Å². The van der Waals surface area contributed by atoms with Crippen molar-refractivity contribution in [1.29, 1.82) is 0 Å². The van der Waals surface area contributed by atoms with Crippen LogP contribution in [-0.2, 0) is 0 Å². The van der Waals surface area contributed by atoms with Crippen molar-refractivity contribution in [3.8, 4) is 11.5 Å². The van der Waals surface area contributed by atoms with Crippen LogP contribution in [0.2, 0.25) is 0 Å². The number of hydrogen-bond acceptors (Lipinski definition) is 2. The van der Waals surface area contributed by atoms with E-state index in [9.17, 15) is 0 Å². The van der Waals surface area contributed by atoms with Gasteiger partial charge in [-0.2, -0.15) is 0 Å². The van der Waals surface area contributed by atoms with Crippen LogP contribution in [0.5, 0.6) is 11.5 Å². The van der Waals surface area contributed by atoms with Gasteiger partial charge in [-0.3, -0.25) is 0 Å². The molecule has 1 fully saturated rings. The fourth-order valence-electron chi connectivity index (χ4n) is 2.03. The molecule has 0 aliphatic heterocycles. The number of halogens is 1. The van der Waals surface area contributed by atoms with Gasteiger partial charge in [-0.05, 0) is 24.8 Å². The molecule has 0 saturated heterocycles. The molecule has 0 amide bonds. The van der Waals surface area contributed by atoms with E-state index >= 15 is 0 Å². The van der Waals surface area contributed by atoms with E-state index in [0.717, 1.165) is 17.4 Å². The fraction of sp³-hybridized carbons (Fsp3) is 0.538. The van der Waals surface area contributed by atoms with Crippen molar-refractivity contribution in [2.75, 3.05) is 14.2 Å². The summed E-state index contributed by atoms with van der Waals surface area (Å²) in [5.41, 5.74) is 1.23. The van der Waals surface area contributed by atoms with E-state index in [2.05, 4.69) is 22.0 Å². The van der Waals surface area contributed by atoms with Crippen molar-refractivity contribution < 1.29 is 9.47 Å². The first-order valence-corrected chi connectivity index (χ1v) is 6.54. The minimum atomic E-state index is 0.405. The molecule has 0 heterocycles. The molecule has 1 aromatic carbocycles. The molecule has 0 radical (unpaired) electrons. The molecule has 1 unspecified atom stereocenters. The molecule has 0 spiro atoms. The van der Waals surface area contributed by atoms with Gasteiger partial charge in [0.1, 0.15) is 11.5 Å². The zero-order chi connectivity index (χ0) is 11.5. The van der Waals surface area contributed by atoms with Crippen molar-refractivity contribution in [3.05, 3.63) is 23.8 Å². The van der Waals surface area contributed by atoms with Gasteiger partial charge in [0, 0.05) is 16.5 Å². The van der Waals surface area contributed by atoms with Crippen LogP contribution in [0.1, 0.15) is 29.7 Å². The third-order valence-corrected chi connectivity index (χ3v) is 4.54. The highest BCUT2D eigenvalue weighted by atomic mass is 79.9. The first-order chi connectivity index (χ1) is 7.76. The zero-order valence-corrected chi connectivity index (χ0v) is 11.3. The summed E-state index contributed by atoms with van der Waals surface area (Å²) in [4.78, 5) is 0.405. The SMILES string of the molecule is COc1ccc(C(Br)C2CCC2)c(OC)c1. The summed E-state index contributed by atoms with van der Waals surface area (Å²) in [5.74, 6) is 2.50. The standard InChI is InChI=1S/C13H17BrO2/c1-15-10-6-7-11(12(8-10)16-2)13(14)9-4-3-5-9/h6-9,13H,3-5H2,1-2H3. The third kappa shape index (κ3) is 2.19. The van der Waals surface area contributed by atoms with Gasteiger partial charge in [0.15, 0.2) is 0 Å². The summed E-state index contributed by atoms with van der Waals surface area (Å²) in [5, 5.41) is 0. The molecule has 1 saturated carbocycles. The lowest BCUT2D eigenvalue weighted by Crippen LogP contribution is -2.16. The monoisotopic (exact) mass is 284 g/mol. The first-order valence-electron chi connectivity index (χ1n) is 5.62. The molecule has 1 aliphatic carbocycles. The topological polar surface area (TPSA) is 18.5 Å². The minimum absolute atomic E-state index is 0.405. The lowest BCUT2D eigenvalue weighted by molar-refractivity contribution is 0.306. The minimum Gasteiger partial charge on any atom is -0.497 e. The highest BCUT2D eigenvalue weighted by Gasteiger charge is 2.28. The first kappa shape index (κ1) is 11.8. The molecular weight excluding hydrogens is 268 g/mol. The molecule has 1 aliphatic rings. The summed E-state index contributed by atoms with van der Waals surface area (Å²) < 4.78 is 10.6. The molecule has 2 rings (SSSR count). The molecule has 88 valence electrons. The van der Waals surface area contributed by atoms with Crippen LogP contribution in [0, 0.1) is 5.92 Å². The molecule has 0 aromatic heterocycles. The lowest BCUT2D eigenvalue weighted by Gasteiger charge is -2.31. The van der Waals surface area contributed by atoms with E-state index in [1.165, 1.54) is 24.8 Å². The van der Waals surface area contributed by atoms with Gasteiger partial charge in [-0.25, -0.2) is 0 Å². The van der Waals surface area contributed by atoms with Gasteiger partial charge in [-0.15, -0.1) is 0 Å². The molecule has 1 aromatic rings. The average Bonchev–Trinajstić information content (AvgIpc) is 2.25. The van der Waals surface area contributed by atoms with Crippen molar-refractivity contribution in [1.82, 2.24) is 0 Å². The van der Waals surface area contributed by atoms with Gasteiger partial charge in [0.05, 0.1) is 14.2 Å². The summed E-state index contributed by atoms with van der Waals surface area (Å²) >= 11 is 3.78. The second kappa shape index (κ2) is 5.09. The van der Waals surface area contributed by atoms with Crippen LogP contribution in [0.4, 0.5) is 0 Å². The quantitative estimate of drug-likeness (QED) is 0.780. The van der Waals surface area contributed by atoms with Crippen LogP contribution in [-0.4, -0.2) is 14.2 Å².